The van der Waals surface area contributed by atoms with Gasteiger partial charge in [-0.25, -0.2) is 0 Å². The van der Waals surface area contributed by atoms with Crippen molar-refractivity contribution in [2.75, 3.05) is 0 Å². The van der Waals surface area contributed by atoms with Crippen molar-refractivity contribution in [1.29, 1.82) is 0 Å². The summed E-state index contributed by atoms with van der Waals surface area (Å²) < 4.78 is 0. The van der Waals surface area contributed by atoms with Gasteiger partial charge in [-0.1, -0.05) is 0 Å². The van der Waals surface area contributed by atoms with Crippen molar-refractivity contribution < 1.29 is 0 Å². The Kier molecular flexibility index (Phi) is 2.63. The van der Waals surface area contributed by atoms with E-state index >= 15 is 0 Å². The molecule has 0 aromatic carbocycles. The van der Waals surface area contributed by atoms with Gasteiger partial charge in [-0.05, 0) is 0 Å². The van der Waals surface area contributed by atoms with Gasteiger partial charge >= 0.3 is 61.0 Å². The van der Waals surface area contributed by atoms with Crippen LogP contribution in [0.1, 0.15) is 26.7 Å². The van der Waals surface area contributed by atoms with Crippen LogP contribution in [0.2, 0.25) is 21.0 Å². The first kappa shape index (κ1) is 7.65. The molecule has 0 N–H and O–H groups in total. The van der Waals surface area contributed by atoms with Gasteiger partial charge < -0.3 is 0 Å². The van der Waals surface area contributed by atoms with Gasteiger partial charge in [0.1, 0.15) is 0 Å². The second-order valence-electron chi connectivity index (χ2n) is 3.41. The monoisotopic (exact) mass is 188 g/mol. The van der Waals surface area contributed by atoms with Crippen LogP contribution >= 0.6 is 0 Å². The molecule has 1 aliphatic heterocycles. The van der Waals surface area contributed by atoms with Crippen LogP contribution < -0.4 is 0 Å². The Morgan fingerprint density at radius 3 is 1.67 bits per heavy atom. The van der Waals surface area contributed by atoms with Crippen LogP contribution in [-0.2, 0) is 0 Å². The first-order valence-electron chi connectivity index (χ1n) is 4.33. The van der Waals surface area contributed by atoms with E-state index < -0.39 is 13.3 Å². The number of hydrogen-bond donors (Lipinski definition) is 0. The molecule has 0 saturated carbocycles. The third-order valence-corrected chi connectivity index (χ3v) is 15.4. The molecule has 0 spiro atoms. The molecule has 0 nitrogen and oxygen atoms in total. The molecule has 0 radical (unpaired) electrons. The fourth-order valence-electron chi connectivity index (χ4n) is 2.08. The minimum absolute atomic E-state index is 1.06. The molecule has 1 aliphatic rings. The van der Waals surface area contributed by atoms with Gasteiger partial charge in [-0.2, -0.15) is 0 Å². The van der Waals surface area contributed by atoms with Gasteiger partial charge in [-0.3, -0.25) is 0 Å². The van der Waals surface area contributed by atoms with Gasteiger partial charge in [-0.15, -0.1) is 0 Å². The molecule has 1 fully saturated rings. The molecule has 0 aliphatic carbocycles. The summed E-state index contributed by atoms with van der Waals surface area (Å²) in [5.41, 5.74) is 0. The quantitative estimate of drug-likeness (QED) is 0.581. The standard InChI is InChI=1S/C8H18Ge/c1-3-9(4-2)7-5-6-8-9/h3-8H2,1-2H3. The average Bonchev–Trinajstić information content (AvgIpc) is 2.36. The van der Waals surface area contributed by atoms with E-state index in [1.54, 1.807) is 33.9 Å². The molecular formula is C8H18Ge. The van der Waals surface area contributed by atoms with Crippen molar-refractivity contribution >= 4 is 13.3 Å². The van der Waals surface area contributed by atoms with Crippen molar-refractivity contribution in [1.82, 2.24) is 0 Å². The van der Waals surface area contributed by atoms with E-state index in [0.29, 0.717) is 0 Å². The summed E-state index contributed by atoms with van der Waals surface area (Å²) in [6, 6.07) is 0. The zero-order chi connectivity index (χ0) is 6.74. The van der Waals surface area contributed by atoms with Crippen LogP contribution in [-0.4, -0.2) is 13.3 Å². The first-order valence-corrected chi connectivity index (χ1v) is 10.3. The molecule has 1 rings (SSSR count). The van der Waals surface area contributed by atoms with Crippen molar-refractivity contribution in [2.24, 2.45) is 0 Å². The summed E-state index contributed by atoms with van der Waals surface area (Å²) in [7, 11) is 0. The topological polar surface area (TPSA) is 0 Å². The maximum absolute atomic E-state index is 2.43. The fraction of sp³-hybridized carbons (Fsp3) is 1.00. The van der Waals surface area contributed by atoms with Gasteiger partial charge in [0.05, 0.1) is 0 Å². The summed E-state index contributed by atoms with van der Waals surface area (Å²) in [4.78, 5) is 0. The Bertz CT molecular complexity index is 76.6. The van der Waals surface area contributed by atoms with E-state index in [1.807, 2.05) is 0 Å². The normalized spacial score (nSPS) is 24.7. The van der Waals surface area contributed by atoms with Gasteiger partial charge in [0.15, 0.2) is 0 Å². The predicted octanol–water partition coefficient (Wildman–Crippen LogP) is 3.27. The molecular weight excluding hydrogens is 169 g/mol. The van der Waals surface area contributed by atoms with Crippen LogP contribution in [0.15, 0.2) is 0 Å². The van der Waals surface area contributed by atoms with E-state index in [2.05, 4.69) is 13.8 Å². The summed E-state index contributed by atoms with van der Waals surface area (Å²) in [6.45, 7) is 4.85. The summed E-state index contributed by atoms with van der Waals surface area (Å²) in [5.74, 6) is 0. The first-order chi connectivity index (χ1) is 4.33. The van der Waals surface area contributed by atoms with Crippen LogP contribution in [0.4, 0.5) is 0 Å². The number of hydrogen-bond acceptors (Lipinski definition) is 0. The van der Waals surface area contributed by atoms with Crippen molar-refractivity contribution in [3.05, 3.63) is 0 Å². The van der Waals surface area contributed by atoms with E-state index in [0.717, 1.165) is 0 Å². The molecule has 0 amide bonds. The van der Waals surface area contributed by atoms with Crippen LogP contribution in [0.25, 0.3) is 0 Å². The number of rotatable bonds is 2. The second kappa shape index (κ2) is 3.09. The van der Waals surface area contributed by atoms with Gasteiger partial charge in [0, 0.05) is 0 Å². The molecule has 54 valence electrons. The Hall–Kier alpha value is 0.543. The third-order valence-electron chi connectivity index (χ3n) is 3.16. The maximum atomic E-state index is 2.43. The molecule has 1 saturated heterocycles. The van der Waals surface area contributed by atoms with Crippen molar-refractivity contribution in [2.45, 2.75) is 47.7 Å². The molecule has 0 bridgehead atoms. The zero-order valence-electron chi connectivity index (χ0n) is 6.74. The molecule has 9 heavy (non-hydrogen) atoms. The predicted molar refractivity (Wildman–Crippen MR) is 45.6 cm³/mol. The average molecular weight is 187 g/mol. The van der Waals surface area contributed by atoms with Crippen LogP contribution in [0, 0.1) is 0 Å². The molecule has 0 aromatic heterocycles. The van der Waals surface area contributed by atoms with Gasteiger partial charge in [0.25, 0.3) is 0 Å². The molecule has 1 heterocycles. The summed E-state index contributed by atoms with van der Waals surface area (Å²) in [6.07, 6.45) is 3.14. The van der Waals surface area contributed by atoms with E-state index in [4.69, 9.17) is 0 Å². The Morgan fingerprint density at radius 2 is 1.44 bits per heavy atom. The van der Waals surface area contributed by atoms with Crippen LogP contribution in [0.3, 0.4) is 0 Å². The minimum atomic E-state index is -1.06. The fourth-order valence-corrected chi connectivity index (χ4v) is 10.8. The molecule has 0 aromatic rings. The molecule has 1 heteroatoms. The van der Waals surface area contributed by atoms with E-state index in [9.17, 15) is 0 Å². The van der Waals surface area contributed by atoms with E-state index in [-0.39, 0.29) is 0 Å². The van der Waals surface area contributed by atoms with Gasteiger partial charge in [0.2, 0.25) is 0 Å². The summed E-state index contributed by atoms with van der Waals surface area (Å²) in [5, 5.41) is 6.56. The van der Waals surface area contributed by atoms with Crippen molar-refractivity contribution in [3.8, 4) is 0 Å². The van der Waals surface area contributed by atoms with Crippen molar-refractivity contribution in [3.63, 3.8) is 0 Å². The van der Waals surface area contributed by atoms with Crippen LogP contribution in [0.5, 0.6) is 0 Å². The van der Waals surface area contributed by atoms with E-state index in [1.165, 1.54) is 0 Å². The molecule has 0 unspecified atom stereocenters. The third kappa shape index (κ3) is 1.51. The second-order valence-corrected chi connectivity index (χ2v) is 14.8. The SMILES string of the molecule is C[CH2][Ge]1([CH2]C)[CH2]CC[CH2]1. The Balaban J connectivity index is 2.45. The zero-order valence-corrected chi connectivity index (χ0v) is 8.84. The Morgan fingerprint density at radius 1 is 1.00 bits per heavy atom. The Labute approximate surface area is 61.4 Å². The molecule has 0 atom stereocenters. The summed E-state index contributed by atoms with van der Waals surface area (Å²) >= 11 is -1.06.